The second-order valence-electron chi connectivity index (χ2n) is 4.03. The number of benzene rings is 1. The first-order valence-electron chi connectivity index (χ1n) is 6.46. The van der Waals surface area contributed by atoms with Crippen LogP contribution in [0.5, 0.6) is 11.5 Å². The maximum absolute atomic E-state index is 10.6. The van der Waals surface area contributed by atoms with Crippen LogP contribution in [0.1, 0.15) is 5.56 Å². The lowest BCUT2D eigenvalue weighted by Gasteiger charge is -2.11. The number of rotatable bonds is 10. The lowest BCUT2D eigenvalue weighted by atomic mass is 10.1. The zero-order valence-corrected chi connectivity index (χ0v) is 12.2. The third-order valence-electron chi connectivity index (χ3n) is 2.54. The van der Waals surface area contributed by atoms with Crippen molar-refractivity contribution >= 4 is 12.0 Å². The number of ether oxygens (including phenoxy) is 4. The number of carboxylic acids is 1. The van der Waals surface area contributed by atoms with E-state index in [-0.39, 0.29) is 0 Å². The van der Waals surface area contributed by atoms with E-state index in [1.165, 1.54) is 6.08 Å². The average molecular weight is 296 g/mol. The van der Waals surface area contributed by atoms with Gasteiger partial charge in [0.15, 0.2) is 0 Å². The van der Waals surface area contributed by atoms with Crippen LogP contribution in [0.2, 0.25) is 0 Å². The third-order valence-corrected chi connectivity index (χ3v) is 2.54. The summed E-state index contributed by atoms with van der Waals surface area (Å²) >= 11 is 0. The smallest absolute Gasteiger partial charge is 0.328 e. The van der Waals surface area contributed by atoms with Crippen molar-refractivity contribution in [2.45, 2.75) is 0 Å². The molecule has 6 heteroatoms. The maximum atomic E-state index is 10.6. The van der Waals surface area contributed by atoms with Crippen LogP contribution in [-0.2, 0) is 14.3 Å². The Hall–Kier alpha value is -2.05. The van der Waals surface area contributed by atoms with E-state index >= 15 is 0 Å². The first kappa shape index (κ1) is 17.0. The summed E-state index contributed by atoms with van der Waals surface area (Å²) in [6.07, 6.45) is 2.52. The second-order valence-corrected chi connectivity index (χ2v) is 4.03. The van der Waals surface area contributed by atoms with Crippen molar-refractivity contribution in [3.05, 3.63) is 29.8 Å². The topological polar surface area (TPSA) is 74.2 Å². The molecule has 0 aliphatic heterocycles. The molecule has 0 heterocycles. The van der Waals surface area contributed by atoms with Crippen molar-refractivity contribution in [2.75, 3.05) is 40.6 Å². The van der Waals surface area contributed by atoms with Crippen LogP contribution in [0, 0.1) is 0 Å². The standard InChI is InChI=1S/C15H20O6/c1-18-7-8-20-9-10-21-14-5-4-13(19-2)11-12(14)3-6-15(16)17/h3-6,11H,7-10H2,1-2H3,(H,16,17). The van der Waals surface area contributed by atoms with Crippen LogP contribution in [0.15, 0.2) is 24.3 Å². The van der Waals surface area contributed by atoms with Gasteiger partial charge in [-0.1, -0.05) is 0 Å². The highest BCUT2D eigenvalue weighted by Gasteiger charge is 2.04. The van der Waals surface area contributed by atoms with E-state index in [0.29, 0.717) is 43.5 Å². The lowest BCUT2D eigenvalue weighted by molar-refractivity contribution is -0.131. The summed E-state index contributed by atoms with van der Waals surface area (Å²) in [6, 6.07) is 5.19. The van der Waals surface area contributed by atoms with E-state index < -0.39 is 5.97 Å². The molecule has 0 bridgehead atoms. The van der Waals surface area contributed by atoms with Crippen LogP contribution in [-0.4, -0.2) is 51.7 Å². The average Bonchev–Trinajstić information content (AvgIpc) is 2.49. The molecule has 0 amide bonds. The van der Waals surface area contributed by atoms with Gasteiger partial charge in [0.2, 0.25) is 0 Å². The van der Waals surface area contributed by atoms with Crippen LogP contribution >= 0.6 is 0 Å². The summed E-state index contributed by atoms with van der Waals surface area (Å²) < 4.78 is 20.8. The number of carbonyl (C=O) groups is 1. The highest BCUT2D eigenvalue weighted by molar-refractivity contribution is 5.86. The minimum atomic E-state index is -1.02. The summed E-state index contributed by atoms with van der Waals surface area (Å²) in [5.74, 6) is 0.180. The molecule has 1 aromatic carbocycles. The number of carboxylic acid groups (broad SMARTS) is 1. The van der Waals surface area contributed by atoms with Gasteiger partial charge >= 0.3 is 5.97 Å². The van der Waals surface area contributed by atoms with Gasteiger partial charge in [0.1, 0.15) is 18.1 Å². The molecule has 6 nitrogen and oxygen atoms in total. The molecule has 0 saturated heterocycles. The fourth-order valence-electron chi connectivity index (χ4n) is 1.53. The van der Waals surface area contributed by atoms with Crippen molar-refractivity contribution in [1.82, 2.24) is 0 Å². The monoisotopic (exact) mass is 296 g/mol. The second kappa shape index (κ2) is 9.79. The van der Waals surface area contributed by atoms with E-state index in [1.807, 2.05) is 0 Å². The first-order chi connectivity index (χ1) is 10.2. The molecule has 0 aliphatic carbocycles. The van der Waals surface area contributed by atoms with E-state index in [0.717, 1.165) is 6.08 Å². The Morgan fingerprint density at radius 1 is 1.19 bits per heavy atom. The Kier molecular flexibility index (Phi) is 7.93. The van der Waals surface area contributed by atoms with Gasteiger partial charge in [0.25, 0.3) is 0 Å². The molecule has 1 rings (SSSR count). The quantitative estimate of drug-likeness (QED) is 0.524. The fraction of sp³-hybridized carbons (Fsp3) is 0.400. The number of methoxy groups -OCH3 is 2. The molecule has 0 atom stereocenters. The third kappa shape index (κ3) is 6.78. The highest BCUT2D eigenvalue weighted by atomic mass is 16.5. The molecule has 0 spiro atoms. The van der Waals surface area contributed by atoms with Crippen LogP contribution < -0.4 is 9.47 Å². The molecule has 116 valence electrons. The van der Waals surface area contributed by atoms with Gasteiger partial charge in [-0.05, 0) is 24.3 Å². The first-order valence-corrected chi connectivity index (χ1v) is 6.46. The molecule has 0 aliphatic rings. The van der Waals surface area contributed by atoms with Crippen LogP contribution in [0.4, 0.5) is 0 Å². The predicted octanol–water partition coefficient (Wildman–Crippen LogP) is 1.83. The molecule has 0 radical (unpaired) electrons. The highest BCUT2D eigenvalue weighted by Crippen LogP contribution is 2.25. The normalized spacial score (nSPS) is 10.8. The van der Waals surface area contributed by atoms with E-state index in [2.05, 4.69) is 0 Å². The van der Waals surface area contributed by atoms with Crippen molar-refractivity contribution in [3.63, 3.8) is 0 Å². The molecular formula is C15H20O6. The van der Waals surface area contributed by atoms with Gasteiger partial charge in [-0.25, -0.2) is 4.79 Å². The van der Waals surface area contributed by atoms with Crippen molar-refractivity contribution in [2.24, 2.45) is 0 Å². The fourth-order valence-corrected chi connectivity index (χ4v) is 1.53. The van der Waals surface area contributed by atoms with Crippen molar-refractivity contribution in [1.29, 1.82) is 0 Å². The molecule has 1 aromatic rings. The summed E-state index contributed by atoms with van der Waals surface area (Å²) in [7, 11) is 3.16. The lowest BCUT2D eigenvalue weighted by Crippen LogP contribution is -2.10. The minimum Gasteiger partial charge on any atom is -0.497 e. The Morgan fingerprint density at radius 3 is 2.62 bits per heavy atom. The van der Waals surface area contributed by atoms with Crippen LogP contribution in [0.3, 0.4) is 0 Å². The maximum Gasteiger partial charge on any atom is 0.328 e. The Balaban J connectivity index is 2.60. The Bertz CT molecular complexity index is 469. The van der Waals surface area contributed by atoms with E-state index in [4.69, 9.17) is 24.1 Å². The van der Waals surface area contributed by atoms with Gasteiger partial charge in [-0.3, -0.25) is 0 Å². The summed E-state index contributed by atoms with van der Waals surface area (Å²) in [5.41, 5.74) is 0.633. The minimum absolute atomic E-state index is 0.365. The molecule has 0 unspecified atom stereocenters. The largest absolute Gasteiger partial charge is 0.497 e. The summed E-state index contributed by atoms with van der Waals surface area (Å²) in [5, 5.41) is 8.70. The van der Waals surface area contributed by atoms with Gasteiger partial charge in [0, 0.05) is 18.7 Å². The Morgan fingerprint density at radius 2 is 1.95 bits per heavy atom. The zero-order chi connectivity index (χ0) is 15.5. The summed E-state index contributed by atoms with van der Waals surface area (Å²) in [4.78, 5) is 10.6. The van der Waals surface area contributed by atoms with E-state index in [1.54, 1.807) is 32.4 Å². The Labute approximate surface area is 123 Å². The molecule has 1 N–H and O–H groups in total. The molecular weight excluding hydrogens is 276 g/mol. The number of hydrogen-bond acceptors (Lipinski definition) is 5. The molecule has 0 aromatic heterocycles. The molecule has 21 heavy (non-hydrogen) atoms. The van der Waals surface area contributed by atoms with Crippen molar-refractivity contribution in [3.8, 4) is 11.5 Å². The summed E-state index contributed by atoms with van der Waals surface area (Å²) in [6.45, 7) is 1.84. The van der Waals surface area contributed by atoms with E-state index in [9.17, 15) is 4.79 Å². The van der Waals surface area contributed by atoms with Gasteiger partial charge in [-0.15, -0.1) is 0 Å². The van der Waals surface area contributed by atoms with Crippen molar-refractivity contribution < 1.29 is 28.8 Å². The predicted molar refractivity (Wildman–Crippen MR) is 77.9 cm³/mol. The van der Waals surface area contributed by atoms with Gasteiger partial charge < -0.3 is 24.1 Å². The SMILES string of the molecule is COCCOCCOc1ccc(OC)cc1C=CC(=O)O. The van der Waals surface area contributed by atoms with Gasteiger partial charge in [-0.2, -0.15) is 0 Å². The molecule has 0 fully saturated rings. The number of aliphatic carboxylic acids is 1. The van der Waals surface area contributed by atoms with Crippen LogP contribution in [0.25, 0.3) is 6.08 Å². The van der Waals surface area contributed by atoms with Gasteiger partial charge in [0.05, 0.1) is 26.9 Å². The zero-order valence-electron chi connectivity index (χ0n) is 12.2. The number of hydrogen-bond donors (Lipinski definition) is 1. The molecule has 0 saturated carbocycles.